The molecule has 2 saturated heterocycles. The molecule has 1 spiro atoms. The zero-order valence-corrected chi connectivity index (χ0v) is 14.1. The molecule has 1 atom stereocenters. The van der Waals surface area contributed by atoms with Gasteiger partial charge < -0.3 is 9.80 Å². The summed E-state index contributed by atoms with van der Waals surface area (Å²) in [6.45, 7) is 4.35. The minimum Gasteiger partial charge on any atom is -0.354 e. The van der Waals surface area contributed by atoms with E-state index in [1.54, 1.807) is 10.9 Å². The number of hydrogen-bond donors (Lipinski definition) is 0. The third-order valence-electron chi connectivity index (χ3n) is 5.20. The zero-order valence-electron chi connectivity index (χ0n) is 14.1. The topological polar surface area (TPSA) is 67.2 Å². The number of aryl methyl sites for hydroxylation is 2. The first-order valence-corrected chi connectivity index (χ1v) is 8.43. The van der Waals surface area contributed by atoms with Crippen molar-refractivity contribution in [3.8, 4) is 0 Å². The minimum absolute atomic E-state index is 0.222. The van der Waals surface area contributed by atoms with Crippen LogP contribution >= 0.6 is 0 Å². The van der Waals surface area contributed by atoms with Gasteiger partial charge in [0.05, 0.1) is 23.0 Å². The molecule has 2 fully saturated rings. The SMILES string of the molecule is Cc1ccc(N2CCCC3(CCN(c4cnn(C)c4)C3=O)C2)nn1. The van der Waals surface area contributed by atoms with Gasteiger partial charge in [0.25, 0.3) is 0 Å². The van der Waals surface area contributed by atoms with Crippen molar-refractivity contribution in [2.45, 2.75) is 26.2 Å². The molecule has 7 nitrogen and oxygen atoms in total. The maximum absolute atomic E-state index is 13.1. The Morgan fingerprint density at radius 2 is 2.04 bits per heavy atom. The molecule has 1 amide bonds. The van der Waals surface area contributed by atoms with Crippen LogP contribution in [0.25, 0.3) is 0 Å². The van der Waals surface area contributed by atoms with Gasteiger partial charge in [0.2, 0.25) is 5.91 Å². The number of carbonyl (C=O) groups excluding carboxylic acids is 1. The quantitative estimate of drug-likeness (QED) is 0.837. The summed E-state index contributed by atoms with van der Waals surface area (Å²) in [4.78, 5) is 17.2. The van der Waals surface area contributed by atoms with Crippen molar-refractivity contribution in [3.05, 3.63) is 30.2 Å². The summed E-state index contributed by atoms with van der Waals surface area (Å²) in [5.74, 6) is 1.09. The fourth-order valence-electron chi connectivity index (χ4n) is 3.88. The molecule has 4 heterocycles. The molecule has 0 aromatic carbocycles. The normalized spacial score (nSPS) is 24.2. The number of rotatable bonds is 2. The van der Waals surface area contributed by atoms with Crippen LogP contribution in [0.3, 0.4) is 0 Å². The minimum atomic E-state index is -0.305. The number of anilines is 2. The largest absolute Gasteiger partial charge is 0.354 e. The average Bonchev–Trinajstić information content (AvgIpc) is 3.13. The molecule has 2 aliphatic heterocycles. The number of hydrogen-bond acceptors (Lipinski definition) is 5. The third kappa shape index (κ3) is 2.44. The second kappa shape index (κ2) is 5.58. The van der Waals surface area contributed by atoms with Gasteiger partial charge in [0, 0.05) is 32.9 Å². The van der Waals surface area contributed by atoms with Crippen molar-refractivity contribution >= 4 is 17.4 Å². The summed E-state index contributed by atoms with van der Waals surface area (Å²) in [5.41, 5.74) is 1.50. The molecular formula is C17H22N6O. The lowest BCUT2D eigenvalue weighted by molar-refractivity contribution is -0.126. The van der Waals surface area contributed by atoms with Crippen LogP contribution < -0.4 is 9.80 Å². The lowest BCUT2D eigenvalue weighted by Gasteiger charge is -2.39. The van der Waals surface area contributed by atoms with Gasteiger partial charge in [-0.15, -0.1) is 5.10 Å². The van der Waals surface area contributed by atoms with Crippen LogP contribution in [0.5, 0.6) is 0 Å². The zero-order chi connectivity index (χ0) is 16.7. The second-order valence-electron chi connectivity index (χ2n) is 6.92. The number of piperidine rings is 1. The van der Waals surface area contributed by atoms with Gasteiger partial charge in [-0.25, -0.2) is 0 Å². The van der Waals surface area contributed by atoms with Crippen molar-refractivity contribution in [1.29, 1.82) is 0 Å². The highest BCUT2D eigenvalue weighted by atomic mass is 16.2. The molecule has 0 saturated carbocycles. The van der Waals surface area contributed by atoms with Crippen LogP contribution in [-0.4, -0.2) is 45.5 Å². The molecule has 0 aliphatic carbocycles. The van der Waals surface area contributed by atoms with E-state index in [-0.39, 0.29) is 11.3 Å². The van der Waals surface area contributed by atoms with Crippen LogP contribution in [-0.2, 0) is 11.8 Å². The molecule has 1 unspecified atom stereocenters. The molecule has 0 bridgehead atoms. The lowest BCUT2D eigenvalue weighted by atomic mass is 9.78. The highest BCUT2D eigenvalue weighted by molar-refractivity contribution is 6.00. The first-order chi connectivity index (χ1) is 11.6. The number of nitrogens with zero attached hydrogens (tertiary/aromatic N) is 6. The van der Waals surface area contributed by atoms with Crippen LogP contribution in [0.4, 0.5) is 11.5 Å². The first-order valence-electron chi connectivity index (χ1n) is 8.43. The fourth-order valence-corrected chi connectivity index (χ4v) is 3.88. The Kier molecular flexibility index (Phi) is 3.51. The highest BCUT2D eigenvalue weighted by Crippen LogP contribution is 2.42. The average molecular weight is 326 g/mol. The van der Waals surface area contributed by atoms with E-state index in [1.165, 1.54) is 0 Å². The molecule has 2 aromatic heterocycles. The van der Waals surface area contributed by atoms with E-state index in [0.717, 1.165) is 56.1 Å². The van der Waals surface area contributed by atoms with E-state index in [0.29, 0.717) is 0 Å². The van der Waals surface area contributed by atoms with Gasteiger partial charge in [0.1, 0.15) is 0 Å². The van der Waals surface area contributed by atoms with Crippen molar-refractivity contribution < 1.29 is 4.79 Å². The van der Waals surface area contributed by atoms with Crippen LogP contribution in [0, 0.1) is 12.3 Å². The predicted octanol–water partition coefficient (Wildman–Crippen LogP) is 1.54. The Bertz CT molecular complexity index is 755. The van der Waals surface area contributed by atoms with E-state index in [9.17, 15) is 4.79 Å². The van der Waals surface area contributed by atoms with Crippen LogP contribution in [0.15, 0.2) is 24.5 Å². The molecule has 2 aliphatic rings. The van der Waals surface area contributed by atoms with E-state index in [4.69, 9.17) is 0 Å². The van der Waals surface area contributed by atoms with E-state index >= 15 is 0 Å². The molecule has 0 N–H and O–H groups in total. The molecule has 24 heavy (non-hydrogen) atoms. The van der Waals surface area contributed by atoms with Crippen molar-refractivity contribution in [2.75, 3.05) is 29.4 Å². The summed E-state index contributed by atoms with van der Waals surface area (Å²) in [6.07, 6.45) is 6.50. The number of amides is 1. The first kappa shape index (κ1) is 15.1. The molecule has 4 rings (SSSR count). The molecular weight excluding hydrogens is 304 g/mol. The standard InChI is InChI=1S/C17H22N6O/c1-13-4-5-15(20-19-13)22-8-3-6-17(12-22)7-9-23(16(17)24)14-10-18-21(2)11-14/h4-5,10-11H,3,6-9,12H2,1-2H3. The molecule has 126 valence electrons. The van der Waals surface area contributed by atoms with E-state index < -0.39 is 0 Å². The second-order valence-corrected chi connectivity index (χ2v) is 6.92. The molecule has 7 heteroatoms. The fraction of sp³-hybridized carbons (Fsp3) is 0.529. The number of carbonyl (C=O) groups is 1. The third-order valence-corrected chi connectivity index (χ3v) is 5.20. The van der Waals surface area contributed by atoms with Gasteiger partial charge in [0.15, 0.2) is 5.82 Å². The summed E-state index contributed by atoms with van der Waals surface area (Å²) < 4.78 is 1.74. The monoisotopic (exact) mass is 326 g/mol. The van der Waals surface area contributed by atoms with Gasteiger partial charge in [-0.3, -0.25) is 9.48 Å². The van der Waals surface area contributed by atoms with Crippen molar-refractivity contribution in [3.63, 3.8) is 0 Å². The number of aromatic nitrogens is 4. The predicted molar refractivity (Wildman–Crippen MR) is 90.8 cm³/mol. The maximum atomic E-state index is 13.1. The van der Waals surface area contributed by atoms with E-state index in [2.05, 4.69) is 20.2 Å². The molecule has 2 aromatic rings. The van der Waals surface area contributed by atoms with Gasteiger partial charge >= 0.3 is 0 Å². The van der Waals surface area contributed by atoms with Crippen molar-refractivity contribution in [1.82, 2.24) is 20.0 Å². The summed E-state index contributed by atoms with van der Waals surface area (Å²) >= 11 is 0. The Balaban J connectivity index is 1.56. The smallest absolute Gasteiger partial charge is 0.235 e. The van der Waals surface area contributed by atoms with E-state index in [1.807, 2.05) is 37.2 Å². The maximum Gasteiger partial charge on any atom is 0.235 e. The molecule has 0 radical (unpaired) electrons. The summed E-state index contributed by atoms with van der Waals surface area (Å²) in [6, 6.07) is 3.97. The Hall–Kier alpha value is -2.44. The lowest BCUT2D eigenvalue weighted by Crippen LogP contribution is -2.48. The highest BCUT2D eigenvalue weighted by Gasteiger charge is 2.49. The van der Waals surface area contributed by atoms with Gasteiger partial charge in [-0.05, 0) is 38.3 Å². The van der Waals surface area contributed by atoms with Gasteiger partial charge in [-0.2, -0.15) is 10.2 Å². The Morgan fingerprint density at radius 3 is 2.75 bits per heavy atom. The van der Waals surface area contributed by atoms with Crippen molar-refractivity contribution in [2.24, 2.45) is 12.5 Å². The van der Waals surface area contributed by atoms with Crippen LogP contribution in [0.1, 0.15) is 25.0 Å². The van der Waals surface area contributed by atoms with Crippen LogP contribution in [0.2, 0.25) is 0 Å². The Labute approximate surface area is 141 Å². The van der Waals surface area contributed by atoms with Gasteiger partial charge in [-0.1, -0.05) is 0 Å². The summed E-state index contributed by atoms with van der Waals surface area (Å²) in [5, 5.41) is 12.6. The summed E-state index contributed by atoms with van der Waals surface area (Å²) in [7, 11) is 1.87. The Morgan fingerprint density at radius 1 is 1.17 bits per heavy atom.